The highest BCUT2D eigenvalue weighted by Gasteiger charge is 2.26. The van der Waals surface area contributed by atoms with Crippen molar-refractivity contribution >= 4 is 33.2 Å². The van der Waals surface area contributed by atoms with E-state index in [0.29, 0.717) is 36.0 Å². The van der Waals surface area contributed by atoms with Crippen LogP contribution in [-0.2, 0) is 14.8 Å². The fourth-order valence-electron chi connectivity index (χ4n) is 3.57. The number of hydrogen-bond acceptors (Lipinski definition) is 6. The lowest BCUT2D eigenvalue weighted by Crippen LogP contribution is -2.44. The minimum absolute atomic E-state index is 0.0110. The molecule has 0 spiro atoms. The summed E-state index contributed by atoms with van der Waals surface area (Å²) >= 11 is 5.94. The molecule has 1 amide bonds. The summed E-state index contributed by atoms with van der Waals surface area (Å²) in [6.45, 7) is 5.48. The Hall–Kier alpha value is -2.33. The molecule has 8 nitrogen and oxygen atoms in total. The summed E-state index contributed by atoms with van der Waals surface area (Å²) in [5.74, 6) is 0.258. The minimum Gasteiger partial charge on any atom is -0.491 e. The Bertz CT molecular complexity index is 1100. The predicted octanol–water partition coefficient (Wildman–Crippen LogP) is 3.23. The number of rotatable bonds is 4. The van der Waals surface area contributed by atoms with Crippen LogP contribution in [0.15, 0.2) is 47.4 Å². The second kappa shape index (κ2) is 10.7. The van der Waals surface area contributed by atoms with Gasteiger partial charge in [0, 0.05) is 44.4 Å². The van der Waals surface area contributed by atoms with Gasteiger partial charge in [-0.25, -0.2) is 8.42 Å². The smallest absolute Gasteiger partial charge is 0.261 e. The maximum absolute atomic E-state index is 13.2. The molecule has 0 saturated heterocycles. The number of fused-ring (bicyclic) bond motifs is 1. The highest BCUT2D eigenvalue weighted by atomic mass is 35.5. The van der Waals surface area contributed by atoms with Crippen LogP contribution in [0.25, 0.3) is 0 Å². The SMILES string of the molecule is CO[C@@H]1CN(C)C(=O)c2ccc(NS(=O)(=O)c3cccc(Cl)c3)cc2OC[C@@H](C)NC[C@@H]1C. The number of nitrogens with one attached hydrogen (secondary N) is 2. The van der Waals surface area contributed by atoms with Gasteiger partial charge >= 0.3 is 0 Å². The first-order valence-corrected chi connectivity index (χ1v) is 12.5. The van der Waals surface area contributed by atoms with Gasteiger partial charge in [-0.15, -0.1) is 0 Å². The number of hydrogen-bond donors (Lipinski definition) is 2. The van der Waals surface area contributed by atoms with Gasteiger partial charge in [-0.1, -0.05) is 24.6 Å². The van der Waals surface area contributed by atoms with Crippen molar-refractivity contribution < 1.29 is 22.7 Å². The monoisotopic (exact) mass is 495 g/mol. The van der Waals surface area contributed by atoms with E-state index in [4.69, 9.17) is 21.1 Å². The fraction of sp³-hybridized carbons (Fsp3) is 0.435. The molecule has 1 aliphatic rings. The lowest BCUT2D eigenvalue weighted by molar-refractivity contribution is 0.0281. The van der Waals surface area contributed by atoms with Gasteiger partial charge in [0.1, 0.15) is 12.4 Å². The molecule has 2 N–H and O–H groups in total. The number of anilines is 1. The number of halogens is 1. The number of carbonyl (C=O) groups excluding carboxylic acids is 1. The second-order valence-corrected chi connectivity index (χ2v) is 10.5. The third-order valence-electron chi connectivity index (χ3n) is 5.59. The van der Waals surface area contributed by atoms with Crippen molar-refractivity contribution in [2.45, 2.75) is 30.9 Å². The van der Waals surface area contributed by atoms with Gasteiger partial charge in [0.2, 0.25) is 0 Å². The molecule has 0 aromatic heterocycles. The molecule has 0 unspecified atom stereocenters. The molecule has 0 radical (unpaired) electrons. The standard InChI is InChI=1S/C23H30ClN3O5S/c1-15-12-25-16(2)14-32-21-11-18(26-33(29,30)19-7-5-6-17(24)10-19)8-9-20(21)23(28)27(3)13-22(15)31-4/h5-11,15-16,22,25-26H,12-14H2,1-4H3/t15-,16+,22+/m0/s1. The summed E-state index contributed by atoms with van der Waals surface area (Å²) in [6.07, 6.45) is -0.133. The zero-order valence-electron chi connectivity index (χ0n) is 19.2. The molecule has 0 saturated carbocycles. The Kier molecular flexibility index (Phi) is 8.23. The number of sulfonamides is 1. The molecule has 0 fully saturated rings. The Balaban J connectivity index is 1.92. The third kappa shape index (κ3) is 6.38. The van der Waals surface area contributed by atoms with Crippen LogP contribution in [0, 0.1) is 5.92 Å². The molecule has 33 heavy (non-hydrogen) atoms. The number of carbonyl (C=O) groups is 1. The molecule has 10 heteroatoms. The number of nitrogens with zero attached hydrogens (tertiary/aromatic N) is 1. The number of methoxy groups -OCH3 is 1. The van der Waals surface area contributed by atoms with E-state index in [1.165, 1.54) is 18.2 Å². The van der Waals surface area contributed by atoms with Crippen LogP contribution >= 0.6 is 11.6 Å². The quantitative estimate of drug-likeness (QED) is 0.676. The van der Waals surface area contributed by atoms with E-state index in [-0.39, 0.29) is 34.6 Å². The zero-order valence-corrected chi connectivity index (χ0v) is 20.7. The van der Waals surface area contributed by atoms with Gasteiger partial charge in [0.05, 0.1) is 22.3 Å². The Morgan fingerprint density at radius 3 is 2.67 bits per heavy atom. The minimum atomic E-state index is -3.87. The summed E-state index contributed by atoms with van der Waals surface area (Å²) < 4.78 is 39.7. The van der Waals surface area contributed by atoms with Crippen LogP contribution in [0.4, 0.5) is 5.69 Å². The average Bonchev–Trinajstić information content (AvgIpc) is 2.78. The van der Waals surface area contributed by atoms with Gasteiger partial charge in [-0.05, 0) is 43.2 Å². The average molecular weight is 496 g/mol. The van der Waals surface area contributed by atoms with Crippen LogP contribution in [0.2, 0.25) is 5.02 Å². The van der Waals surface area contributed by atoms with E-state index in [0.717, 1.165) is 0 Å². The molecular formula is C23H30ClN3O5S. The van der Waals surface area contributed by atoms with Crippen molar-refractivity contribution in [3.8, 4) is 5.75 Å². The number of likely N-dealkylation sites (N-methyl/N-ethyl adjacent to an activating group) is 1. The van der Waals surface area contributed by atoms with Crippen LogP contribution in [0.1, 0.15) is 24.2 Å². The predicted molar refractivity (Wildman–Crippen MR) is 129 cm³/mol. The molecule has 2 aromatic rings. The van der Waals surface area contributed by atoms with E-state index in [1.54, 1.807) is 43.3 Å². The largest absolute Gasteiger partial charge is 0.491 e. The normalized spacial score (nSPS) is 22.5. The van der Waals surface area contributed by atoms with Crippen molar-refractivity contribution in [1.82, 2.24) is 10.2 Å². The summed E-state index contributed by atoms with van der Waals surface area (Å²) in [4.78, 5) is 14.8. The summed E-state index contributed by atoms with van der Waals surface area (Å²) in [7, 11) is -0.515. The van der Waals surface area contributed by atoms with Crippen molar-refractivity contribution in [1.29, 1.82) is 0 Å². The Morgan fingerprint density at radius 1 is 1.21 bits per heavy atom. The first-order chi connectivity index (χ1) is 15.6. The summed E-state index contributed by atoms with van der Waals surface area (Å²) in [5, 5.41) is 3.74. The van der Waals surface area contributed by atoms with E-state index in [1.807, 2.05) is 6.92 Å². The van der Waals surface area contributed by atoms with Gasteiger partial charge in [-0.2, -0.15) is 0 Å². The van der Waals surface area contributed by atoms with E-state index < -0.39 is 10.0 Å². The summed E-state index contributed by atoms with van der Waals surface area (Å²) in [5.41, 5.74) is 0.624. The van der Waals surface area contributed by atoms with Crippen molar-refractivity contribution in [2.75, 3.05) is 38.6 Å². The van der Waals surface area contributed by atoms with Crippen molar-refractivity contribution in [2.24, 2.45) is 5.92 Å². The summed E-state index contributed by atoms with van der Waals surface area (Å²) in [6, 6.07) is 10.6. The van der Waals surface area contributed by atoms with Gasteiger partial charge < -0.3 is 19.7 Å². The van der Waals surface area contributed by atoms with E-state index in [2.05, 4.69) is 17.0 Å². The van der Waals surface area contributed by atoms with Crippen LogP contribution in [0.5, 0.6) is 5.75 Å². The third-order valence-corrected chi connectivity index (χ3v) is 7.20. The lowest BCUT2D eigenvalue weighted by Gasteiger charge is -2.30. The Labute approximate surface area is 200 Å². The molecule has 0 bridgehead atoms. The molecular weight excluding hydrogens is 466 g/mol. The van der Waals surface area contributed by atoms with Crippen molar-refractivity contribution in [3.05, 3.63) is 53.1 Å². The van der Waals surface area contributed by atoms with Crippen molar-refractivity contribution in [3.63, 3.8) is 0 Å². The number of benzene rings is 2. The zero-order chi connectivity index (χ0) is 24.2. The molecule has 3 rings (SSSR count). The van der Waals surface area contributed by atoms with Crippen LogP contribution < -0.4 is 14.8 Å². The maximum Gasteiger partial charge on any atom is 0.261 e. The van der Waals surface area contributed by atoms with Crippen LogP contribution in [-0.4, -0.2) is 65.2 Å². The fourth-order valence-corrected chi connectivity index (χ4v) is 4.92. The Morgan fingerprint density at radius 2 is 1.97 bits per heavy atom. The number of amides is 1. The van der Waals surface area contributed by atoms with E-state index >= 15 is 0 Å². The van der Waals surface area contributed by atoms with Gasteiger partial charge in [-0.3, -0.25) is 9.52 Å². The van der Waals surface area contributed by atoms with Gasteiger partial charge in [0.25, 0.3) is 15.9 Å². The number of ether oxygens (including phenoxy) is 2. The first-order valence-electron chi connectivity index (χ1n) is 10.7. The molecule has 3 atom stereocenters. The topological polar surface area (TPSA) is 97.0 Å². The molecule has 0 aliphatic carbocycles. The molecule has 180 valence electrons. The molecule has 1 heterocycles. The second-order valence-electron chi connectivity index (χ2n) is 8.33. The van der Waals surface area contributed by atoms with E-state index in [9.17, 15) is 13.2 Å². The molecule has 1 aliphatic heterocycles. The molecule has 2 aromatic carbocycles. The highest BCUT2D eigenvalue weighted by Crippen LogP contribution is 2.28. The highest BCUT2D eigenvalue weighted by molar-refractivity contribution is 7.92. The van der Waals surface area contributed by atoms with Crippen LogP contribution in [0.3, 0.4) is 0 Å². The maximum atomic E-state index is 13.2. The first kappa shape index (κ1) is 25.3. The van der Waals surface area contributed by atoms with Gasteiger partial charge in [0.15, 0.2) is 0 Å². The lowest BCUT2D eigenvalue weighted by atomic mass is 10.0.